The number of aliphatic hydroxyl groups excluding tert-OH is 1. The quantitative estimate of drug-likeness (QED) is 0.386. The van der Waals surface area contributed by atoms with Crippen LogP contribution in [0.4, 0.5) is 5.69 Å². The number of allylic oxidation sites excluding steroid dienone is 1. The molecule has 28 heavy (non-hydrogen) atoms. The van der Waals surface area contributed by atoms with E-state index in [0.29, 0.717) is 10.7 Å². The second kappa shape index (κ2) is 8.33. The molecule has 0 spiro atoms. The zero-order valence-corrected chi connectivity index (χ0v) is 15.6. The van der Waals surface area contributed by atoms with Gasteiger partial charge >= 0.3 is 5.97 Å². The number of nitrogens with one attached hydrogen (secondary N) is 1. The Labute approximate surface area is 164 Å². The van der Waals surface area contributed by atoms with Gasteiger partial charge in [-0.2, -0.15) is 5.26 Å². The van der Waals surface area contributed by atoms with Crippen molar-refractivity contribution < 1.29 is 19.4 Å². The summed E-state index contributed by atoms with van der Waals surface area (Å²) in [6, 6.07) is 15.5. The van der Waals surface area contributed by atoms with E-state index in [4.69, 9.17) is 4.74 Å². The Hall–Kier alpha value is -3.70. The highest BCUT2D eigenvalue weighted by Crippen LogP contribution is 2.28. The zero-order chi connectivity index (χ0) is 20.1. The summed E-state index contributed by atoms with van der Waals surface area (Å²) in [6.07, 6.45) is 0. The van der Waals surface area contributed by atoms with Gasteiger partial charge in [-0.1, -0.05) is 18.2 Å². The van der Waals surface area contributed by atoms with Crippen LogP contribution in [0.5, 0.6) is 0 Å². The summed E-state index contributed by atoms with van der Waals surface area (Å²) in [5.41, 5.74) is 1.34. The third-order valence-corrected chi connectivity index (χ3v) is 4.72. The number of fused-ring (bicyclic) bond motifs is 1. The van der Waals surface area contributed by atoms with Gasteiger partial charge in [0, 0.05) is 12.6 Å². The van der Waals surface area contributed by atoms with Gasteiger partial charge in [0.2, 0.25) is 5.91 Å². The number of esters is 1. The van der Waals surface area contributed by atoms with Crippen molar-refractivity contribution in [2.75, 3.05) is 11.9 Å². The van der Waals surface area contributed by atoms with Crippen LogP contribution in [0.3, 0.4) is 0 Å². The molecule has 0 fully saturated rings. The summed E-state index contributed by atoms with van der Waals surface area (Å²) in [5, 5.41) is 22.6. The van der Waals surface area contributed by atoms with Gasteiger partial charge in [-0.05, 0) is 30.3 Å². The number of rotatable bonds is 5. The minimum atomic E-state index is -0.694. The van der Waals surface area contributed by atoms with Crippen molar-refractivity contribution in [1.29, 1.82) is 5.26 Å². The maximum absolute atomic E-state index is 12.2. The van der Waals surface area contributed by atoms with Gasteiger partial charge in [-0.25, -0.2) is 9.78 Å². The number of benzene rings is 2. The number of anilines is 1. The normalized spacial score (nSPS) is 11.4. The van der Waals surface area contributed by atoms with E-state index < -0.39 is 12.6 Å². The lowest BCUT2D eigenvalue weighted by Gasteiger charge is -2.07. The van der Waals surface area contributed by atoms with E-state index in [1.165, 1.54) is 30.4 Å². The fraction of sp³-hybridized carbons (Fsp3) is 0.100. The molecular formula is C20H15N3O4S. The lowest BCUT2D eigenvalue weighted by molar-refractivity contribution is -0.114. The van der Waals surface area contributed by atoms with E-state index in [1.54, 1.807) is 12.1 Å². The molecular weight excluding hydrogens is 378 g/mol. The molecule has 8 heteroatoms. The standard InChI is InChI=1S/C20H15N3O4S/c1-12(24)22-14-6-4-5-13(9-14)20(26)27-11-17(25)15(10-21)19-23-16-7-2-3-8-18(16)28-19/h2-9,25H,11H2,1H3,(H,22,24)/b17-15+. The lowest BCUT2D eigenvalue weighted by atomic mass is 10.2. The number of carbonyl (C=O) groups excluding carboxylic acids is 2. The predicted molar refractivity (Wildman–Crippen MR) is 106 cm³/mol. The molecule has 3 aromatic rings. The Morgan fingerprint density at radius 3 is 2.75 bits per heavy atom. The number of hydrogen-bond acceptors (Lipinski definition) is 7. The Bertz CT molecular complexity index is 1090. The smallest absolute Gasteiger partial charge is 0.338 e. The summed E-state index contributed by atoms with van der Waals surface area (Å²) >= 11 is 1.26. The van der Waals surface area contributed by atoms with Crippen LogP contribution < -0.4 is 5.32 Å². The SMILES string of the molecule is CC(=O)Nc1cccc(C(=O)OC/C(O)=C(/C#N)c2nc3ccccc3s2)c1. The van der Waals surface area contributed by atoms with Gasteiger partial charge in [0.25, 0.3) is 0 Å². The molecule has 0 saturated heterocycles. The highest BCUT2D eigenvalue weighted by molar-refractivity contribution is 7.19. The predicted octanol–water partition coefficient (Wildman–Crippen LogP) is 3.90. The van der Waals surface area contributed by atoms with Crippen LogP contribution in [0.15, 0.2) is 54.3 Å². The molecule has 1 aromatic heterocycles. The average Bonchev–Trinajstić information content (AvgIpc) is 3.10. The van der Waals surface area contributed by atoms with Crippen molar-refractivity contribution in [3.8, 4) is 6.07 Å². The first-order chi connectivity index (χ1) is 13.5. The molecule has 2 N–H and O–H groups in total. The number of thiazole rings is 1. The monoisotopic (exact) mass is 393 g/mol. The van der Waals surface area contributed by atoms with Crippen LogP contribution in [-0.4, -0.2) is 28.6 Å². The van der Waals surface area contributed by atoms with E-state index in [-0.39, 0.29) is 22.8 Å². The Morgan fingerprint density at radius 1 is 1.25 bits per heavy atom. The Morgan fingerprint density at radius 2 is 2.04 bits per heavy atom. The summed E-state index contributed by atoms with van der Waals surface area (Å²) in [6.45, 7) is 0.890. The van der Waals surface area contributed by atoms with Crippen molar-refractivity contribution in [2.45, 2.75) is 6.92 Å². The van der Waals surface area contributed by atoms with Gasteiger partial charge in [0.05, 0.1) is 15.8 Å². The van der Waals surface area contributed by atoms with Crippen LogP contribution in [0, 0.1) is 11.3 Å². The molecule has 0 aliphatic heterocycles. The van der Waals surface area contributed by atoms with Crippen molar-refractivity contribution in [1.82, 2.24) is 4.98 Å². The molecule has 0 aliphatic rings. The van der Waals surface area contributed by atoms with Gasteiger partial charge in [-0.15, -0.1) is 11.3 Å². The molecule has 0 radical (unpaired) electrons. The molecule has 0 unspecified atom stereocenters. The fourth-order valence-electron chi connectivity index (χ4n) is 2.43. The van der Waals surface area contributed by atoms with E-state index in [9.17, 15) is 20.0 Å². The molecule has 0 saturated carbocycles. The van der Waals surface area contributed by atoms with Gasteiger partial charge in [0.1, 0.15) is 23.3 Å². The van der Waals surface area contributed by atoms with E-state index in [0.717, 1.165) is 10.2 Å². The second-order valence-electron chi connectivity index (χ2n) is 5.76. The molecule has 7 nitrogen and oxygen atoms in total. The Kier molecular flexibility index (Phi) is 5.67. The number of ether oxygens (including phenoxy) is 1. The zero-order valence-electron chi connectivity index (χ0n) is 14.8. The number of carbonyl (C=O) groups is 2. The minimum absolute atomic E-state index is 0.0407. The molecule has 1 heterocycles. The van der Waals surface area contributed by atoms with Crippen LogP contribution in [0.25, 0.3) is 15.8 Å². The molecule has 3 rings (SSSR count). The maximum atomic E-state index is 12.2. The maximum Gasteiger partial charge on any atom is 0.338 e. The molecule has 0 aliphatic carbocycles. The van der Waals surface area contributed by atoms with E-state index >= 15 is 0 Å². The highest BCUT2D eigenvalue weighted by Gasteiger charge is 2.16. The topological polar surface area (TPSA) is 112 Å². The number of aromatic nitrogens is 1. The van der Waals surface area contributed by atoms with Gasteiger partial charge in [-0.3, -0.25) is 4.79 Å². The summed E-state index contributed by atoms with van der Waals surface area (Å²) in [4.78, 5) is 27.7. The number of aliphatic hydroxyl groups is 1. The first-order valence-corrected chi connectivity index (χ1v) is 9.02. The van der Waals surface area contributed by atoms with Crippen molar-refractivity contribution in [2.24, 2.45) is 0 Å². The lowest BCUT2D eigenvalue weighted by Crippen LogP contribution is -2.10. The van der Waals surface area contributed by atoms with Crippen molar-refractivity contribution in [3.63, 3.8) is 0 Å². The van der Waals surface area contributed by atoms with Crippen LogP contribution in [-0.2, 0) is 9.53 Å². The largest absolute Gasteiger partial charge is 0.507 e. The first-order valence-electron chi connectivity index (χ1n) is 8.21. The van der Waals surface area contributed by atoms with Crippen molar-refractivity contribution >= 4 is 44.7 Å². The summed E-state index contributed by atoms with van der Waals surface area (Å²) in [5.74, 6) is -1.34. The van der Waals surface area contributed by atoms with E-state index in [2.05, 4.69) is 10.3 Å². The summed E-state index contributed by atoms with van der Waals surface area (Å²) in [7, 11) is 0. The van der Waals surface area contributed by atoms with Crippen molar-refractivity contribution in [3.05, 3.63) is 64.9 Å². The number of para-hydroxylation sites is 1. The van der Waals surface area contributed by atoms with E-state index in [1.807, 2.05) is 30.3 Å². The minimum Gasteiger partial charge on any atom is -0.507 e. The second-order valence-corrected chi connectivity index (χ2v) is 6.79. The van der Waals surface area contributed by atoms with Crippen LogP contribution in [0.2, 0.25) is 0 Å². The van der Waals surface area contributed by atoms with Gasteiger partial charge in [0.15, 0.2) is 5.76 Å². The van der Waals surface area contributed by atoms with Crippen LogP contribution in [0.1, 0.15) is 22.3 Å². The number of amides is 1. The fourth-order valence-corrected chi connectivity index (χ4v) is 3.41. The first kappa shape index (κ1) is 19.1. The molecule has 140 valence electrons. The molecule has 1 amide bonds. The third-order valence-electron chi connectivity index (χ3n) is 3.67. The highest BCUT2D eigenvalue weighted by atomic mass is 32.1. The van der Waals surface area contributed by atoms with Gasteiger partial charge < -0.3 is 15.2 Å². The molecule has 2 aromatic carbocycles. The summed E-state index contributed by atoms with van der Waals surface area (Å²) < 4.78 is 5.97. The van der Waals surface area contributed by atoms with Crippen LogP contribution >= 0.6 is 11.3 Å². The molecule has 0 bridgehead atoms. The number of nitriles is 1. The third kappa shape index (κ3) is 4.34. The molecule has 0 atom stereocenters. The number of hydrogen-bond donors (Lipinski definition) is 2. The Balaban J connectivity index is 1.75. The number of nitrogens with zero attached hydrogens (tertiary/aromatic N) is 2. The average molecular weight is 393 g/mol.